The Kier molecular flexibility index (Phi) is 5.44. The second-order valence-electron chi connectivity index (χ2n) is 3.50. The molecular formula is C9H19F3N2. The number of alkyl halides is 3. The molecule has 0 aromatic carbocycles. The Morgan fingerprint density at radius 3 is 2.07 bits per heavy atom. The molecule has 0 saturated carbocycles. The second kappa shape index (κ2) is 5.56. The van der Waals surface area contributed by atoms with E-state index in [1.165, 1.54) is 4.90 Å². The zero-order chi connectivity index (χ0) is 11.4. The fraction of sp³-hybridized carbons (Fsp3) is 1.00. The minimum atomic E-state index is -4.11. The first-order valence-electron chi connectivity index (χ1n) is 4.79. The third-order valence-electron chi connectivity index (χ3n) is 2.54. The van der Waals surface area contributed by atoms with Crippen LogP contribution in [0.25, 0.3) is 0 Å². The molecule has 0 aliphatic heterocycles. The molecule has 0 aliphatic carbocycles. The number of likely N-dealkylation sites (N-methyl/N-ethyl adjacent to an activating group) is 2. The van der Waals surface area contributed by atoms with E-state index < -0.39 is 12.7 Å². The number of hydrogen-bond donors (Lipinski definition) is 1. The van der Waals surface area contributed by atoms with E-state index in [4.69, 9.17) is 0 Å². The molecule has 5 heteroatoms. The monoisotopic (exact) mass is 212 g/mol. The number of halogens is 3. The molecule has 2 unspecified atom stereocenters. The van der Waals surface area contributed by atoms with E-state index >= 15 is 0 Å². The summed E-state index contributed by atoms with van der Waals surface area (Å²) >= 11 is 0. The van der Waals surface area contributed by atoms with Crippen LogP contribution in [0.15, 0.2) is 0 Å². The van der Waals surface area contributed by atoms with Crippen molar-refractivity contribution >= 4 is 0 Å². The molecule has 2 atom stereocenters. The van der Waals surface area contributed by atoms with Gasteiger partial charge in [0.25, 0.3) is 0 Å². The van der Waals surface area contributed by atoms with Crippen molar-refractivity contribution in [3.63, 3.8) is 0 Å². The largest absolute Gasteiger partial charge is 0.401 e. The average Bonchev–Trinajstić information content (AvgIpc) is 2.10. The second-order valence-corrected chi connectivity index (χ2v) is 3.50. The number of nitrogens with zero attached hydrogens (tertiary/aromatic N) is 1. The van der Waals surface area contributed by atoms with E-state index in [1.807, 2.05) is 6.92 Å². The van der Waals surface area contributed by atoms with Gasteiger partial charge in [-0.25, -0.2) is 0 Å². The van der Waals surface area contributed by atoms with Crippen LogP contribution in [-0.4, -0.2) is 43.3 Å². The molecule has 0 radical (unpaired) electrons. The summed E-state index contributed by atoms with van der Waals surface area (Å²) in [5.74, 6) is 0. The fourth-order valence-corrected chi connectivity index (χ4v) is 1.33. The lowest BCUT2D eigenvalue weighted by Crippen LogP contribution is -2.48. The molecule has 86 valence electrons. The van der Waals surface area contributed by atoms with E-state index in [0.29, 0.717) is 6.54 Å². The Labute approximate surface area is 83.5 Å². The minimum absolute atomic E-state index is 0.0531. The third-order valence-corrected chi connectivity index (χ3v) is 2.54. The van der Waals surface area contributed by atoms with Gasteiger partial charge in [-0.05, 0) is 27.4 Å². The van der Waals surface area contributed by atoms with Crippen LogP contribution in [0.5, 0.6) is 0 Å². The van der Waals surface area contributed by atoms with E-state index in [0.717, 1.165) is 0 Å². The molecule has 0 rings (SSSR count). The fourth-order valence-electron chi connectivity index (χ4n) is 1.33. The highest BCUT2D eigenvalue weighted by atomic mass is 19.4. The van der Waals surface area contributed by atoms with Crippen molar-refractivity contribution in [2.75, 3.05) is 20.1 Å². The van der Waals surface area contributed by atoms with Crippen molar-refractivity contribution in [3.05, 3.63) is 0 Å². The van der Waals surface area contributed by atoms with Gasteiger partial charge in [0.05, 0.1) is 6.54 Å². The Morgan fingerprint density at radius 2 is 1.79 bits per heavy atom. The Hall–Kier alpha value is -0.290. The topological polar surface area (TPSA) is 15.3 Å². The predicted molar refractivity (Wildman–Crippen MR) is 51.3 cm³/mol. The first kappa shape index (κ1) is 13.7. The lowest BCUT2D eigenvalue weighted by molar-refractivity contribution is -0.150. The number of nitrogens with one attached hydrogen (secondary N) is 1. The molecule has 0 fully saturated rings. The smallest absolute Gasteiger partial charge is 0.316 e. The van der Waals surface area contributed by atoms with E-state index in [1.54, 1.807) is 20.9 Å². The lowest BCUT2D eigenvalue weighted by Gasteiger charge is -2.32. The summed E-state index contributed by atoms with van der Waals surface area (Å²) in [6, 6.07) is -0.0658. The molecule has 0 aromatic rings. The van der Waals surface area contributed by atoms with Crippen molar-refractivity contribution in [1.29, 1.82) is 0 Å². The first-order valence-corrected chi connectivity index (χ1v) is 4.79. The van der Waals surface area contributed by atoms with Gasteiger partial charge in [0.2, 0.25) is 0 Å². The van der Waals surface area contributed by atoms with E-state index in [9.17, 15) is 13.2 Å². The van der Waals surface area contributed by atoms with Gasteiger partial charge in [0.15, 0.2) is 0 Å². The van der Waals surface area contributed by atoms with Gasteiger partial charge in [0, 0.05) is 12.1 Å². The summed E-state index contributed by atoms with van der Waals surface area (Å²) in [4.78, 5) is 1.42. The van der Waals surface area contributed by atoms with Crippen LogP contribution in [0.3, 0.4) is 0 Å². The SMILES string of the molecule is CCN(CC(F)(F)F)C(C)C(C)NC. The molecule has 0 heterocycles. The van der Waals surface area contributed by atoms with Gasteiger partial charge in [-0.3, -0.25) is 4.90 Å². The zero-order valence-corrected chi connectivity index (χ0v) is 9.15. The van der Waals surface area contributed by atoms with Crippen molar-refractivity contribution < 1.29 is 13.2 Å². The maximum Gasteiger partial charge on any atom is 0.401 e. The summed E-state index contributed by atoms with van der Waals surface area (Å²) in [7, 11) is 1.75. The highest BCUT2D eigenvalue weighted by Gasteiger charge is 2.32. The molecule has 0 spiro atoms. The normalized spacial score (nSPS) is 17.1. The van der Waals surface area contributed by atoms with Crippen LogP contribution in [-0.2, 0) is 0 Å². The van der Waals surface area contributed by atoms with Crippen LogP contribution in [0.1, 0.15) is 20.8 Å². The average molecular weight is 212 g/mol. The molecule has 1 N–H and O–H groups in total. The van der Waals surface area contributed by atoms with Crippen LogP contribution in [0.4, 0.5) is 13.2 Å². The van der Waals surface area contributed by atoms with Crippen LogP contribution < -0.4 is 5.32 Å². The quantitative estimate of drug-likeness (QED) is 0.748. The summed E-state index contributed by atoms with van der Waals surface area (Å²) in [6.45, 7) is 4.99. The van der Waals surface area contributed by atoms with E-state index in [-0.39, 0.29) is 12.1 Å². The molecule has 2 nitrogen and oxygen atoms in total. The standard InChI is InChI=1S/C9H19F3N2/c1-5-14(6-9(10,11)12)8(3)7(2)13-4/h7-8,13H,5-6H2,1-4H3. The molecule has 14 heavy (non-hydrogen) atoms. The van der Waals surface area contributed by atoms with Crippen LogP contribution in [0, 0.1) is 0 Å². The van der Waals surface area contributed by atoms with Gasteiger partial charge in [0.1, 0.15) is 0 Å². The summed E-state index contributed by atoms with van der Waals surface area (Å²) in [6.07, 6.45) is -4.11. The Balaban J connectivity index is 4.26. The van der Waals surface area contributed by atoms with E-state index in [2.05, 4.69) is 5.32 Å². The highest BCUT2D eigenvalue weighted by molar-refractivity contribution is 4.77. The minimum Gasteiger partial charge on any atom is -0.316 e. The molecule has 0 amide bonds. The molecule has 0 aromatic heterocycles. The molecule has 0 aliphatic rings. The van der Waals surface area contributed by atoms with Gasteiger partial charge in [-0.1, -0.05) is 6.92 Å². The molecule has 0 bridgehead atoms. The van der Waals surface area contributed by atoms with Crippen LogP contribution in [0.2, 0.25) is 0 Å². The number of rotatable bonds is 5. The van der Waals surface area contributed by atoms with Gasteiger partial charge in [-0.2, -0.15) is 13.2 Å². The lowest BCUT2D eigenvalue weighted by atomic mass is 10.1. The summed E-state index contributed by atoms with van der Waals surface area (Å²) < 4.78 is 36.5. The predicted octanol–water partition coefficient (Wildman–Crippen LogP) is 1.87. The summed E-state index contributed by atoms with van der Waals surface area (Å²) in [5.41, 5.74) is 0. The first-order chi connectivity index (χ1) is 6.31. The summed E-state index contributed by atoms with van der Waals surface area (Å²) in [5, 5.41) is 2.96. The zero-order valence-electron chi connectivity index (χ0n) is 9.15. The van der Waals surface area contributed by atoms with Crippen LogP contribution >= 0.6 is 0 Å². The molecule has 0 saturated heterocycles. The van der Waals surface area contributed by atoms with Gasteiger partial charge < -0.3 is 5.32 Å². The number of hydrogen-bond acceptors (Lipinski definition) is 2. The highest BCUT2D eigenvalue weighted by Crippen LogP contribution is 2.18. The maximum atomic E-state index is 12.2. The van der Waals surface area contributed by atoms with Gasteiger partial charge in [-0.15, -0.1) is 0 Å². The Morgan fingerprint density at radius 1 is 1.29 bits per heavy atom. The molecular weight excluding hydrogens is 193 g/mol. The Bertz CT molecular complexity index is 159. The van der Waals surface area contributed by atoms with Crippen molar-refractivity contribution in [2.24, 2.45) is 0 Å². The van der Waals surface area contributed by atoms with Gasteiger partial charge >= 0.3 is 6.18 Å². The van der Waals surface area contributed by atoms with Crippen molar-refractivity contribution in [3.8, 4) is 0 Å². The third kappa shape index (κ3) is 4.81. The van der Waals surface area contributed by atoms with Crippen molar-refractivity contribution in [1.82, 2.24) is 10.2 Å². The van der Waals surface area contributed by atoms with Crippen molar-refractivity contribution in [2.45, 2.75) is 39.0 Å². The maximum absolute atomic E-state index is 12.2.